The molecule has 0 saturated carbocycles. The molecule has 2 aromatic rings. The Balaban J connectivity index is 2.14. The SMILES string of the molecule is Nc1cccc(-c2ccc(CCC(=O)O)cc2)c1. The molecule has 2 rings (SSSR count). The molecule has 0 amide bonds. The predicted octanol–water partition coefficient (Wildman–Crippen LogP) is 2.95. The van der Waals surface area contributed by atoms with Crippen LogP contribution in [0.3, 0.4) is 0 Å². The van der Waals surface area contributed by atoms with Crippen molar-refractivity contribution in [3.05, 3.63) is 54.1 Å². The van der Waals surface area contributed by atoms with E-state index in [-0.39, 0.29) is 6.42 Å². The molecular formula is C15H15NO2. The van der Waals surface area contributed by atoms with E-state index < -0.39 is 5.97 Å². The van der Waals surface area contributed by atoms with E-state index in [1.807, 2.05) is 48.5 Å². The van der Waals surface area contributed by atoms with Crippen molar-refractivity contribution in [2.75, 3.05) is 5.73 Å². The van der Waals surface area contributed by atoms with Crippen LogP contribution < -0.4 is 5.73 Å². The number of hydrogen-bond acceptors (Lipinski definition) is 2. The Bertz CT molecular complexity index is 547. The van der Waals surface area contributed by atoms with Crippen molar-refractivity contribution in [2.45, 2.75) is 12.8 Å². The van der Waals surface area contributed by atoms with Gasteiger partial charge in [-0.3, -0.25) is 4.79 Å². The Morgan fingerprint density at radius 1 is 1.06 bits per heavy atom. The average Bonchev–Trinajstić information content (AvgIpc) is 2.37. The Labute approximate surface area is 106 Å². The molecule has 0 aromatic heterocycles. The maximum Gasteiger partial charge on any atom is 0.303 e. The van der Waals surface area contributed by atoms with Crippen LogP contribution in [0, 0.1) is 0 Å². The molecule has 18 heavy (non-hydrogen) atoms. The summed E-state index contributed by atoms with van der Waals surface area (Å²) in [4.78, 5) is 10.5. The van der Waals surface area contributed by atoms with Crippen LogP contribution in [0.5, 0.6) is 0 Å². The first kappa shape index (κ1) is 12.2. The molecule has 0 aliphatic heterocycles. The van der Waals surface area contributed by atoms with E-state index in [1.54, 1.807) is 0 Å². The molecule has 0 heterocycles. The molecular weight excluding hydrogens is 226 g/mol. The van der Waals surface area contributed by atoms with Gasteiger partial charge >= 0.3 is 5.97 Å². The van der Waals surface area contributed by atoms with Gasteiger partial charge in [-0.25, -0.2) is 0 Å². The van der Waals surface area contributed by atoms with Crippen molar-refractivity contribution in [3.8, 4) is 11.1 Å². The summed E-state index contributed by atoms with van der Waals surface area (Å²) >= 11 is 0. The topological polar surface area (TPSA) is 63.3 Å². The second-order valence-corrected chi connectivity index (χ2v) is 4.22. The minimum Gasteiger partial charge on any atom is -0.481 e. The molecule has 3 nitrogen and oxygen atoms in total. The van der Waals surface area contributed by atoms with Crippen molar-refractivity contribution in [1.82, 2.24) is 0 Å². The van der Waals surface area contributed by atoms with Crippen molar-refractivity contribution >= 4 is 11.7 Å². The van der Waals surface area contributed by atoms with Gasteiger partial charge in [0, 0.05) is 12.1 Å². The van der Waals surface area contributed by atoms with E-state index in [1.165, 1.54) is 0 Å². The van der Waals surface area contributed by atoms with Crippen molar-refractivity contribution in [1.29, 1.82) is 0 Å². The number of nitrogens with two attached hydrogens (primary N) is 1. The van der Waals surface area contributed by atoms with Crippen LogP contribution >= 0.6 is 0 Å². The molecule has 3 N–H and O–H groups in total. The maximum atomic E-state index is 10.5. The lowest BCUT2D eigenvalue weighted by atomic mass is 10.0. The van der Waals surface area contributed by atoms with Gasteiger partial charge in [-0.1, -0.05) is 36.4 Å². The zero-order valence-corrected chi connectivity index (χ0v) is 9.97. The van der Waals surface area contributed by atoms with Crippen LogP contribution in [0.1, 0.15) is 12.0 Å². The molecule has 3 heteroatoms. The van der Waals surface area contributed by atoms with Gasteiger partial charge < -0.3 is 10.8 Å². The summed E-state index contributed by atoms with van der Waals surface area (Å²) in [5, 5.41) is 8.62. The van der Waals surface area contributed by atoms with Gasteiger partial charge in [-0.05, 0) is 35.2 Å². The largest absolute Gasteiger partial charge is 0.481 e. The van der Waals surface area contributed by atoms with E-state index >= 15 is 0 Å². The number of nitrogen functional groups attached to an aromatic ring is 1. The first-order valence-corrected chi connectivity index (χ1v) is 5.82. The molecule has 0 aliphatic carbocycles. The number of hydrogen-bond donors (Lipinski definition) is 2. The third kappa shape index (κ3) is 3.10. The second-order valence-electron chi connectivity index (χ2n) is 4.22. The number of aliphatic carboxylic acids is 1. The van der Waals surface area contributed by atoms with E-state index in [2.05, 4.69) is 0 Å². The molecule has 0 radical (unpaired) electrons. The standard InChI is InChI=1S/C15H15NO2/c16-14-3-1-2-13(10-14)12-7-4-11(5-8-12)6-9-15(17)18/h1-5,7-8,10H,6,9,16H2,(H,17,18). The van der Waals surface area contributed by atoms with E-state index in [0.717, 1.165) is 22.4 Å². The van der Waals surface area contributed by atoms with Crippen LogP contribution in [0.4, 0.5) is 5.69 Å². The Kier molecular flexibility index (Phi) is 3.63. The summed E-state index contributed by atoms with van der Waals surface area (Å²) in [5.74, 6) is -0.769. The smallest absolute Gasteiger partial charge is 0.303 e. The summed E-state index contributed by atoms with van der Waals surface area (Å²) in [7, 11) is 0. The monoisotopic (exact) mass is 241 g/mol. The molecule has 0 saturated heterocycles. The van der Waals surface area contributed by atoms with Crippen LogP contribution in [0.15, 0.2) is 48.5 Å². The van der Waals surface area contributed by atoms with Gasteiger partial charge in [0.1, 0.15) is 0 Å². The first-order valence-electron chi connectivity index (χ1n) is 5.82. The average molecular weight is 241 g/mol. The molecule has 0 fully saturated rings. The summed E-state index contributed by atoms with van der Waals surface area (Å²) in [6.45, 7) is 0. The Hall–Kier alpha value is -2.29. The van der Waals surface area contributed by atoms with Crippen LogP contribution in [-0.4, -0.2) is 11.1 Å². The van der Waals surface area contributed by atoms with E-state index in [0.29, 0.717) is 6.42 Å². The van der Waals surface area contributed by atoms with Gasteiger partial charge in [-0.2, -0.15) is 0 Å². The van der Waals surface area contributed by atoms with Gasteiger partial charge in [0.25, 0.3) is 0 Å². The molecule has 0 spiro atoms. The van der Waals surface area contributed by atoms with E-state index in [4.69, 9.17) is 10.8 Å². The van der Waals surface area contributed by atoms with Crippen LogP contribution in [0.25, 0.3) is 11.1 Å². The van der Waals surface area contributed by atoms with Gasteiger partial charge in [0.05, 0.1) is 0 Å². The normalized spacial score (nSPS) is 10.2. The fourth-order valence-corrected chi connectivity index (χ4v) is 1.83. The molecule has 92 valence electrons. The zero-order chi connectivity index (χ0) is 13.0. The van der Waals surface area contributed by atoms with Crippen LogP contribution in [-0.2, 0) is 11.2 Å². The minimum absolute atomic E-state index is 0.164. The van der Waals surface area contributed by atoms with Crippen molar-refractivity contribution in [2.24, 2.45) is 0 Å². The quantitative estimate of drug-likeness (QED) is 0.809. The summed E-state index contributed by atoms with van der Waals surface area (Å²) < 4.78 is 0. The molecule has 0 atom stereocenters. The third-order valence-electron chi connectivity index (χ3n) is 2.80. The number of anilines is 1. The second kappa shape index (κ2) is 5.36. The molecule has 0 unspecified atom stereocenters. The zero-order valence-electron chi connectivity index (χ0n) is 9.97. The highest BCUT2D eigenvalue weighted by atomic mass is 16.4. The fourth-order valence-electron chi connectivity index (χ4n) is 1.83. The highest BCUT2D eigenvalue weighted by Crippen LogP contribution is 2.22. The molecule has 2 aromatic carbocycles. The Morgan fingerprint density at radius 3 is 2.39 bits per heavy atom. The third-order valence-corrected chi connectivity index (χ3v) is 2.80. The van der Waals surface area contributed by atoms with Crippen LogP contribution in [0.2, 0.25) is 0 Å². The predicted molar refractivity (Wildman–Crippen MR) is 72.2 cm³/mol. The summed E-state index contributed by atoms with van der Waals surface area (Å²) in [5.41, 5.74) is 9.67. The lowest BCUT2D eigenvalue weighted by molar-refractivity contribution is -0.136. The molecule has 0 aliphatic rings. The van der Waals surface area contributed by atoms with Crippen molar-refractivity contribution in [3.63, 3.8) is 0 Å². The Morgan fingerprint density at radius 2 is 1.78 bits per heavy atom. The number of rotatable bonds is 4. The number of benzene rings is 2. The lowest BCUT2D eigenvalue weighted by Crippen LogP contribution is -1.97. The first-order chi connectivity index (χ1) is 8.65. The highest BCUT2D eigenvalue weighted by molar-refractivity contribution is 5.68. The van der Waals surface area contributed by atoms with Gasteiger partial charge in [0.2, 0.25) is 0 Å². The van der Waals surface area contributed by atoms with E-state index in [9.17, 15) is 4.79 Å². The highest BCUT2D eigenvalue weighted by Gasteiger charge is 2.01. The number of carboxylic acid groups (broad SMARTS) is 1. The number of aryl methyl sites for hydroxylation is 1. The maximum absolute atomic E-state index is 10.5. The summed E-state index contributed by atoms with van der Waals surface area (Å²) in [6.07, 6.45) is 0.726. The lowest BCUT2D eigenvalue weighted by Gasteiger charge is -2.04. The number of carbonyl (C=O) groups is 1. The minimum atomic E-state index is -0.769. The van der Waals surface area contributed by atoms with Gasteiger partial charge in [0.15, 0.2) is 0 Å². The summed E-state index contributed by atoms with van der Waals surface area (Å²) in [6, 6.07) is 15.6. The van der Waals surface area contributed by atoms with Gasteiger partial charge in [-0.15, -0.1) is 0 Å². The van der Waals surface area contributed by atoms with Crippen molar-refractivity contribution < 1.29 is 9.90 Å². The fraction of sp³-hybridized carbons (Fsp3) is 0.133. The molecule has 0 bridgehead atoms. The number of carboxylic acids is 1.